The van der Waals surface area contributed by atoms with E-state index in [9.17, 15) is 31.1 Å². The van der Waals surface area contributed by atoms with Crippen molar-refractivity contribution in [1.29, 1.82) is 0 Å². The number of aromatic nitrogens is 4. The van der Waals surface area contributed by atoms with E-state index in [0.29, 0.717) is 16.3 Å². The number of amides is 1. The summed E-state index contributed by atoms with van der Waals surface area (Å²) >= 11 is 0. The molecule has 0 aliphatic carbocycles. The van der Waals surface area contributed by atoms with Crippen molar-refractivity contribution in [3.63, 3.8) is 0 Å². The molecule has 1 amide bonds. The van der Waals surface area contributed by atoms with Crippen LogP contribution in [0.25, 0.3) is 5.52 Å². The number of hydrogen-bond donors (Lipinski definition) is 1. The van der Waals surface area contributed by atoms with Crippen LogP contribution in [0, 0.1) is 31.3 Å². The molecule has 4 rings (SSSR count). The van der Waals surface area contributed by atoms with Crippen LogP contribution in [0.2, 0.25) is 0 Å². The average molecular weight is 497 g/mol. The zero-order chi connectivity index (χ0) is 25.5. The summed E-state index contributed by atoms with van der Waals surface area (Å²) in [4.78, 5) is 12.9. The van der Waals surface area contributed by atoms with E-state index < -0.39 is 48.3 Å². The Morgan fingerprint density at radius 1 is 1.11 bits per heavy atom. The van der Waals surface area contributed by atoms with Gasteiger partial charge in [-0.1, -0.05) is 0 Å². The van der Waals surface area contributed by atoms with Crippen molar-refractivity contribution in [2.45, 2.75) is 33.2 Å². The van der Waals surface area contributed by atoms with Crippen molar-refractivity contribution in [2.24, 2.45) is 0 Å². The van der Waals surface area contributed by atoms with Crippen molar-refractivity contribution in [1.82, 2.24) is 19.4 Å². The summed E-state index contributed by atoms with van der Waals surface area (Å²) in [7, 11) is 0. The van der Waals surface area contributed by atoms with E-state index in [0.717, 1.165) is 18.5 Å². The zero-order valence-corrected chi connectivity index (χ0v) is 18.3. The van der Waals surface area contributed by atoms with Gasteiger partial charge in [-0.15, -0.1) is 0 Å². The largest absolute Gasteiger partial charge is 0.473 e. The maximum Gasteiger partial charge on any atom is 0.408 e. The second-order valence-electron chi connectivity index (χ2n) is 7.73. The molecule has 0 fully saturated rings. The van der Waals surface area contributed by atoms with Crippen LogP contribution in [0.4, 0.5) is 32.0 Å². The lowest BCUT2D eigenvalue weighted by atomic mass is 10.1. The molecule has 0 bridgehead atoms. The van der Waals surface area contributed by atoms with Crippen LogP contribution in [-0.4, -0.2) is 31.5 Å². The standard InChI is InChI=1S/C22H17F6N5O2/c1-11-5-17-19(21(34)30-13-7-29-32(8-13)10-22(26,27)28)12(2)31-33(17)18(6-11)35-9-14-15(23)3-4-16(24)20(14)25/h3-8H,9-10H2,1-2H3,(H,30,34). The van der Waals surface area contributed by atoms with E-state index >= 15 is 0 Å². The van der Waals surface area contributed by atoms with Crippen molar-refractivity contribution >= 4 is 17.1 Å². The number of ether oxygens (including phenoxy) is 1. The Hall–Kier alpha value is -4.03. The number of benzene rings is 1. The van der Waals surface area contributed by atoms with Gasteiger partial charge in [-0.2, -0.15) is 27.9 Å². The third-order valence-corrected chi connectivity index (χ3v) is 4.98. The molecule has 1 N–H and O–H groups in total. The summed E-state index contributed by atoms with van der Waals surface area (Å²) < 4.78 is 86.5. The van der Waals surface area contributed by atoms with Gasteiger partial charge in [-0.25, -0.2) is 13.2 Å². The highest BCUT2D eigenvalue weighted by atomic mass is 19.4. The lowest BCUT2D eigenvalue weighted by molar-refractivity contribution is -0.142. The minimum absolute atomic E-state index is 0.0307. The van der Waals surface area contributed by atoms with Gasteiger partial charge in [-0.05, 0) is 37.6 Å². The van der Waals surface area contributed by atoms with Crippen LogP contribution in [0.5, 0.6) is 5.88 Å². The van der Waals surface area contributed by atoms with E-state index in [2.05, 4.69) is 15.5 Å². The molecule has 0 saturated carbocycles. The van der Waals surface area contributed by atoms with Crippen molar-refractivity contribution < 1.29 is 35.9 Å². The minimum atomic E-state index is -4.47. The van der Waals surface area contributed by atoms with Crippen LogP contribution in [0.3, 0.4) is 0 Å². The quantitative estimate of drug-likeness (QED) is 0.302. The van der Waals surface area contributed by atoms with Gasteiger partial charge in [0, 0.05) is 12.3 Å². The summed E-state index contributed by atoms with van der Waals surface area (Å²) in [6, 6.07) is 4.56. The fraction of sp³-hybridized carbons (Fsp3) is 0.227. The first-order valence-electron chi connectivity index (χ1n) is 10.1. The highest BCUT2D eigenvalue weighted by Gasteiger charge is 2.28. The number of nitrogens with zero attached hydrogens (tertiary/aromatic N) is 4. The molecule has 0 unspecified atom stereocenters. The molecule has 0 radical (unpaired) electrons. The molecule has 3 aromatic heterocycles. The van der Waals surface area contributed by atoms with Crippen LogP contribution in [-0.2, 0) is 13.2 Å². The molecular weight excluding hydrogens is 480 g/mol. The Bertz CT molecular complexity index is 1430. The van der Waals surface area contributed by atoms with Crippen molar-refractivity contribution in [2.75, 3.05) is 5.32 Å². The highest BCUT2D eigenvalue weighted by Crippen LogP contribution is 2.26. The Balaban J connectivity index is 1.62. The molecule has 1 aromatic carbocycles. The molecule has 184 valence electrons. The van der Waals surface area contributed by atoms with Crippen LogP contribution < -0.4 is 10.1 Å². The van der Waals surface area contributed by atoms with Gasteiger partial charge in [0.2, 0.25) is 5.88 Å². The third-order valence-electron chi connectivity index (χ3n) is 4.98. The summed E-state index contributed by atoms with van der Waals surface area (Å²) in [5.74, 6) is -4.23. The second kappa shape index (κ2) is 8.96. The van der Waals surface area contributed by atoms with Gasteiger partial charge in [-0.3, -0.25) is 9.48 Å². The highest BCUT2D eigenvalue weighted by molar-refractivity contribution is 6.09. The number of pyridine rings is 1. The summed E-state index contributed by atoms with van der Waals surface area (Å²) in [6.07, 6.45) is -2.36. The maximum atomic E-state index is 14.0. The van der Waals surface area contributed by atoms with Crippen LogP contribution in [0.15, 0.2) is 36.7 Å². The summed E-state index contributed by atoms with van der Waals surface area (Å²) in [5, 5.41) is 10.3. The minimum Gasteiger partial charge on any atom is -0.473 e. The number of aryl methyl sites for hydroxylation is 2. The molecule has 0 aliphatic heterocycles. The third kappa shape index (κ3) is 5.08. The fourth-order valence-electron chi connectivity index (χ4n) is 3.48. The summed E-state index contributed by atoms with van der Waals surface area (Å²) in [6.45, 7) is 1.25. The smallest absolute Gasteiger partial charge is 0.408 e. The van der Waals surface area contributed by atoms with Crippen molar-refractivity contribution in [3.05, 3.63) is 76.5 Å². The zero-order valence-electron chi connectivity index (χ0n) is 18.3. The number of anilines is 1. The predicted molar refractivity (Wildman–Crippen MR) is 112 cm³/mol. The fourth-order valence-corrected chi connectivity index (χ4v) is 3.48. The summed E-state index contributed by atoms with van der Waals surface area (Å²) in [5.41, 5.74) is 0.669. The van der Waals surface area contributed by atoms with E-state index in [4.69, 9.17) is 4.74 Å². The number of carbonyl (C=O) groups is 1. The number of halogens is 6. The monoisotopic (exact) mass is 497 g/mol. The molecule has 3 heterocycles. The van der Waals surface area contributed by atoms with Gasteiger partial charge in [0.15, 0.2) is 11.6 Å². The molecule has 0 saturated heterocycles. The number of carbonyl (C=O) groups excluding carboxylic acids is 1. The van der Waals surface area contributed by atoms with Crippen LogP contribution in [0.1, 0.15) is 27.2 Å². The Morgan fingerprint density at radius 3 is 2.54 bits per heavy atom. The number of nitrogens with one attached hydrogen (secondary N) is 1. The van der Waals surface area contributed by atoms with Gasteiger partial charge in [0.05, 0.1) is 34.2 Å². The first-order chi connectivity index (χ1) is 16.4. The molecule has 4 aromatic rings. The Labute approximate surface area is 193 Å². The first-order valence-corrected chi connectivity index (χ1v) is 10.1. The molecule has 13 heteroatoms. The number of hydrogen-bond acceptors (Lipinski definition) is 4. The van der Waals surface area contributed by atoms with E-state index in [1.165, 1.54) is 17.5 Å². The van der Waals surface area contributed by atoms with E-state index in [1.807, 2.05) is 0 Å². The Morgan fingerprint density at radius 2 is 1.83 bits per heavy atom. The lowest BCUT2D eigenvalue weighted by Gasteiger charge is -2.11. The number of alkyl halides is 3. The average Bonchev–Trinajstić information content (AvgIpc) is 3.32. The Kier molecular flexibility index (Phi) is 6.17. The SMILES string of the molecule is Cc1cc(OCc2c(F)ccc(F)c2F)n2nc(C)c(C(=O)Nc3cnn(CC(F)(F)F)c3)c2c1. The van der Waals surface area contributed by atoms with E-state index in [-0.39, 0.29) is 28.3 Å². The molecule has 0 spiro atoms. The predicted octanol–water partition coefficient (Wildman–Crippen LogP) is 4.96. The molecule has 0 aliphatic rings. The van der Waals surface area contributed by atoms with Crippen molar-refractivity contribution in [3.8, 4) is 5.88 Å². The lowest BCUT2D eigenvalue weighted by Crippen LogP contribution is -2.18. The molecular formula is C22H17F6N5O2. The number of fused-ring (bicyclic) bond motifs is 1. The maximum absolute atomic E-state index is 14.0. The number of rotatable bonds is 6. The molecule has 0 atom stereocenters. The van der Waals surface area contributed by atoms with Gasteiger partial charge < -0.3 is 10.1 Å². The second-order valence-corrected chi connectivity index (χ2v) is 7.73. The normalized spacial score (nSPS) is 11.8. The van der Waals surface area contributed by atoms with Gasteiger partial charge in [0.1, 0.15) is 19.0 Å². The molecule has 35 heavy (non-hydrogen) atoms. The van der Waals surface area contributed by atoms with Gasteiger partial charge >= 0.3 is 6.18 Å². The van der Waals surface area contributed by atoms with Gasteiger partial charge in [0.25, 0.3) is 5.91 Å². The molecule has 7 nitrogen and oxygen atoms in total. The van der Waals surface area contributed by atoms with E-state index in [1.54, 1.807) is 13.0 Å². The topological polar surface area (TPSA) is 73.5 Å². The first kappa shape index (κ1) is 24.1. The van der Waals surface area contributed by atoms with Crippen LogP contribution >= 0.6 is 0 Å².